The number of carbonyl (C=O) groups is 1. The molecule has 0 spiro atoms. The summed E-state index contributed by atoms with van der Waals surface area (Å²) in [6, 6.07) is 12.2. The zero-order chi connectivity index (χ0) is 20.4. The van der Waals surface area contributed by atoms with Crippen molar-refractivity contribution in [3.8, 4) is 0 Å². The van der Waals surface area contributed by atoms with Gasteiger partial charge < -0.3 is 14.9 Å². The number of aromatic amines is 1. The number of nitrogens with zero attached hydrogens (tertiary/aromatic N) is 3. The number of fused-ring (bicyclic) bond motifs is 2. The van der Waals surface area contributed by atoms with Gasteiger partial charge in [-0.1, -0.05) is 12.1 Å². The number of aromatic nitrogens is 4. The number of hydrogen-bond acceptors (Lipinski definition) is 5. The molecule has 29 heavy (non-hydrogen) atoms. The van der Waals surface area contributed by atoms with Crippen molar-refractivity contribution in [3.63, 3.8) is 0 Å². The Balaban J connectivity index is 1.40. The van der Waals surface area contributed by atoms with Gasteiger partial charge in [-0.3, -0.25) is 14.4 Å². The van der Waals surface area contributed by atoms with E-state index in [1.54, 1.807) is 43.4 Å². The standard InChI is InChI=1S/C21H19N5O3/c1-26-12-22-16-10-9-13(11-15(16)21(26)29)23-19(27)8-4-7-18-24-17-6-3-2-5-14(17)20(28)25-18/h2-3,5-6,9-12H,4,7-8H2,1H3,(H,23,27)(H,24,25,28). The average Bonchev–Trinajstić information content (AvgIpc) is 2.71. The average molecular weight is 389 g/mol. The normalized spacial score (nSPS) is 11.1. The Kier molecular flexibility index (Phi) is 4.90. The summed E-state index contributed by atoms with van der Waals surface area (Å²) in [5, 5.41) is 3.80. The molecule has 0 saturated carbocycles. The lowest BCUT2D eigenvalue weighted by atomic mass is 10.2. The van der Waals surface area contributed by atoms with E-state index < -0.39 is 0 Å². The first kappa shape index (κ1) is 18.5. The van der Waals surface area contributed by atoms with E-state index in [1.807, 2.05) is 6.07 Å². The van der Waals surface area contributed by atoms with Crippen LogP contribution in [0, 0.1) is 0 Å². The Hall–Kier alpha value is -3.81. The molecule has 0 bridgehead atoms. The second kappa shape index (κ2) is 7.67. The highest BCUT2D eigenvalue weighted by Gasteiger charge is 2.08. The van der Waals surface area contributed by atoms with Crippen LogP contribution in [0.15, 0.2) is 58.4 Å². The summed E-state index contributed by atoms with van der Waals surface area (Å²) < 4.78 is 1.39. The number of carbonyl (C=O) groups excluding carboxylic acids is 1. The fourth-order valence-corrected chi connectivity index (χ4v) is 3.18. The number of aryl methyl sites for hydroxylation is 2. The first-order valence-corrected chi connectivity index (χ1v) is 9.24. The third-order valence-electron chi connectivity index (χ3n) is 4.68. The molecule has 1 amide bonds. The molecule has 0 aliphatic heterocycles. The number of hydrogen-bond donors (Lipinski definition) is 2. The van der Waals surface area contributed by atoms with Crippen LogP contribution in [0.2, 0.25) is 0 Å². The summed E-state index contributed by atoms with van der Waals surface area (Å²) in [6.45, 7) is 0. The van der Waals surface area contributed by atoms with Crippen molar-refractivity contribution in [2.75, 3.05) is 5.32 Å². The molecule has 0 aliphatic rings. The molecule has 2 heterocycles. The maximum Gasteiger partial charge on any atom is 0.260 e. The SMILES string of the molecule is Cn1cnc2ccc(NC(=O)CCCc3nc4ccccc4c(=O)[nH]3)cc2c1=O. The Morgan fingerprint density at radius 3 is 2.79 bits per heavy atom. The molecule has 4 aromatic rings. The van der Waals surface area contributed by atoms with Gasteiger partial charge in [-0.2, -0.15) is 0 Å². The number of amides is 1. The molecule has 0 saturated heterocycles. The van der Waals surface area contributed by atoms with E-state index in [9.17, 15) is 14.4 Å². The third-order valence-corrected chi connectivity index (χ3v) is 4.68. The van der Waals surface area contributed by atoms with Gasteiger partial charge in [0.2, 0.25) is 5.91 Å². The van der Waals surface area contributed by atoms with Gasteiger partial charge in [-0.05, 0) is 36.8 Å². The minimum absolute atomic E-state index is 0.169. The molecule has 8 heteroatoms. The van der Waals surface area contributed by atoms with Crippen molar-refractivity contribution >= 4 is 33.4 Å². The number of rotatable bonds is 5. The Labute approximate surface area is 165 Å². The minimum atomic E-state index is -0.179. The Bertz CT molecular complexity index is 1340. The zero-order valence-corrected chi connectivity index (χ0v) is 15.8. The number of anilines is 1. The highest BCUT2D eigenvalue weighted by Crippen LogP contribution is 2.15. The number of benzene rings is 2. The van der Waals surface area contributed by atoms with Gasteiger partial charge in [-0.15, -0.1) is 0 Å². The van der Waals surface area contributed by atoms with E-state index in [2.05, 4.69) is 20.3 Å². The molecule has 146 valence electrons. The zero-order valence-electron chi connectivity index (χ0n) is 15.8. The van der Waals surface area contributed by atoms with Crippen molar-refractivity contribution < 1.29 is 4.79 Å². The van der Waals surface area contributed by atoms with Gasteiger partial charge in [0, 0.05) is 25.6 Å². The van der Waals surface area contributed by atoms with Crippen LogP contribution in [-0.2, 0) is 18.3 Å². The van der Waals surface area contributed by atoms with Crippen molar-refractivity contribution in [1.29, 1.82) is 0 Å². The number of H-pyrrole nitrogens is 1. The predicted octanol–water partition coefficient (Wildman–Crippen LogP) is 2.13. The topological polar surface area (TPSA) is 110 Å². The summed E-state index contributed by atoms with van der Waals surface area (Å²) in [5.41, 5.74) is 1.42. The molecule has 0 unspecified atom stereocenters. The molecule has 0 radical (unpaired) electrons. The Morgan fingerprint density at radius 1 is 1.10 bits per heavy atom. The van der Waals surface area contributed by atoms with Crippen molar-refractivity contribution in [3.05, 3.63) is 75.3 Å². The first-order chi connectivity index (χ1) is 14.0. The van der Waals surface area contributed by atoms with Crippen LogP contribution in [0.1, 0.15) is 18.7 Å². The maximum atomic E-state index is 12.3. The molecule has 0 atom stereocenters. The molecule has 8 nitrogen and oxygen atoms in total. The highest BCUT2D eigenvalue weighted by atomic mass is 16.1. The molecule has 0 fully saturated rings. The van der Waals surface area contributed by atoms with Crippen LogP contribution in [0.4, 0.5) is 5.69 Å². The van der Waals surface area contributed by atoms with Gasteiger partial charge in [0.25, 0.3) is 11.1 Å². The van der Waals surface area contributed by atoms with Crippen LogP contribution >= 0.6 is 0 Å². The lowest BCUT2D eigenvalue weighted by molar-refractivity contribution is -0.116. The van der Waals surface area contributed by atoms with E-state index in [1.165, 1.54) is 10.9 Å². The number of nitrogens with one attached hydrogen (secondary N) is 2. The summed E-state index contributed by atoms with van der Waals surface area (Å²) in [4.78, 5) is 47.9. The predicted molar refractivity (Wildman–Crippen MR) is 111 cm³/mol. The van der Waals surface area contributed by atoms with Gasteiger partial charge in [0.1, 0.15) is 5.82 Å². The van der Waals surface area contributed by atoms with Crippen LogP contribution < -0.4 is 16.4 Å². The van der Waals surface area contributed by atoms with Crippen LogP contribution in [0.5, 0.6) is 0 Å². The summed E-state index contributed by atoms with van der Waals surface area (Å²) >= 11 is 0. The van der Waals surface area contributed by atoms with E-state index >= 15 is 0 Å². The lowest BCUT2D eigenvalue weighted by Gasteiger charge is -2.07. The highest BCUT2D eigenvalue weighted by molar-refractivity contribution is 5.93. The summed E-state index contributed by atoms with van der Waals surface area (Å²) in [6.07, 6.45) is 2.74. The molecule has 4 rings (SSSR count). The molecule has 2 aromatic heterocycles. The molecular formula is C21H19N5O3. The molecule has 2 aromatic carbocycles. The largest absolute Gasteiger partial charge is 0.326 e. The number of para-hydroxylation sites is 1. The quantitative estimate of drug-likeness (QED) is 0.543. The van der Waals surface area contributed by atoms with Crippen molar-refractivity contribution in [2.24, 2.45) is 7.05 Å². The Morgan fingerprint density at radius 2 is 1.93 bits per heavy atom. The van der Waals surface area contributed by atoms with Gasteiger partial charge in [-0.25, -0.2) is 9.97 Å². The van der Waals surface area contributed by atoms with E-state index in [0.29, 0.717) is 46.2 Å². The van der Waals surface area contributed by atoms with Gasteiger partial charge >= 0.3 is 0 Å². The molecular weight excluding hydrogens is 370 g/mol. The summed E-state index contributed by atoms with van der Waals surface area (Å²) in [5.74, 6) is 0.384. The van der Waals surface area contributed by atoms with Crippen LogP contribution in [0.25, 0.3) is 21.8 Å². The van der Waals surface area contributed by atoms with E-state index in [-0.39, 0.29) is 23.4 Å². The third kappa shape index (κ3) is 3.91. The maximum absolute atomic E-state index is 12.3. The fourth-order valence-electron chi connectivity index (χ4n) is 3.18. The van der Waals surface area contributed by atoms with E-state index in [4.69, 9.17) is 0 Å². The second-order valence-electron chi connectivity index (χ2n) is 6.82. The van der Waals surface area contributed by atoms with Gasteiger partial charge in [0.15, 0.2) is 0 Å². The second-order valence-corrected chi connectivity index (χ2v) is 6.82. The fraction of sp³-hybridized carbons (Fsp3) is 0.190. The molecule has 2 N–H and O–H groups in total. The smallest absolute Gasteiger partial charge is 0.260 e. The first-order valence-electron chi connectivity index (χ1n) is 9.24. The molecule has 0 aliphatic carbocycles. The van der Waals surface area contributed by atoms with Crippen molar-refractivity contribution in [2.45, 2.75) is 19.3 Å². The summed E-state index contributed by atoms with van der Waals surface area (Å²) in [7, 11) is 1.63. The van der Waals surface area contributed by atoms with Crippen LogP contribution in [0.3, 0.4) is 0 Å². The lowest BCUT2D eigenvalue weighted by Crippen LogP contribution is -2.17. The van der Waals surface area contributed by atoms with Crippen molar-refractivity contribution in [1.82, 2.24) is 19.5 Å². The van der Waals surface area contributed by atoms with Gasteiger partial charge in [0.05, 0.1) is 28.1 Å². The van der Waals surface area contributed by atoms with Crippen LogP contribution in [-0.4, -0.2) is 25.4 Å². The van der Waals surface area contributed by atoms with E-state index in [0.717, 1.165) is 0 Å². The minimum Gasteiger partial charge on any atom is -0.326 e. The monoisotopic (exact) mass is 389 g/mol.